The Labute approximate surface area is 79.8 Å². The van der Waals surface area contributed by atoms with E-state index in [-0.39, 0.29) is 12.2 Å². The fraction of sp³-hybridized carbons (Fsp3) is 0.900. The van der Waals surface area contributed by atoms with Crippen molar-refractivity contribution in [3.63, 3.8) is 0 Å². The van der Waals surface area contributed by atoms with Crippen LogP contribution in [-0.4, -0.2) is 21.8 Å². The fourth-order valence-electron chi connectivity index (χ4n) is 1.21. The zero-order valence-corrected chi connectivity index (χ0v) is 8.55. The van der Waals surface area contributed by atoms with Crippen LogP contribution in [0.25, 0.3) is 0 Å². The first-order chi connectivity index (χ1) is 5.95. The summed E-state index contributed by atoms with van der Waals surface area (Å²) in [5.41, 5.74) is 0. The van der Waals surface area contributed by atoms with Crippen molar-refractivity contribution in [3.05, 3.63) is 0 Å². The van der Waals surface area contributed by atoms with E-state index in [0.717, 1.165) is 25.7 Å². The molecule has 78 valence electrons. The minimum atomic E-state index is -1.83. The Balaban J connectivity index is 3.41. The van der Waals surface area contributed by atoms with Gasteiger partial charge >= 0.3 is 0 Å². The highest BCUT2D eigenvalue weighted by Crippen LogP contribution is 2.09. The smallest absolute Gasteiger partial charge is 0.166 e. The Morgan fingerprint density at radius 1 is 1.23 bits per heavy atom. The standard InChI is InChI=1S/C10H20O3/c1-3-4-5-6-7-9(11)8-10(2,12)13/h12-13H,3-8H2,1-2H3. The Kier molecular flexibility index (Phi) is 5.91. The molecule has 13 heavy (non-hydrogen) atoms. The number of carbonyl (C=O) groups is 1. The quantitative estimate of drug-likeness (QED) is 0.471. The summed E-state index contributed by atoms with van der Waals surface area (Å²) >= 11 is 0. The largest absolute Gasteiger partial charge is 0.365 e. The summed E-state index contributed by atoms with van der Waals surface area (Å²) in [6, 6.07) is 0. The third-order valence-corrected chi connectivity index (χ3v) is 1.84. The van der Waals surface area contributed by atoms with Crippen LogP contribution >= 0.6 is 0 Å². The zero-order chi connectivity index (χ0) is 10.3. The van der Waals surface area contributed by atoms with E-state index in [2.05, 4.69) is 6.92 Å². The number of aliphatic hydroxyl groups is 2. The second kappa shape index (κ2) is 6.11. The van der Waals surface area contributed by atoms with E-state index < -0.39 is 5.79 Å². The predicted octanol–water partition coefficient (Wildman–Crippen LogP) is 1.62. The van der Waals surface area contributed by atoms with Crippen LogP contribution in [-0.2, 0) is 4.79 Å². The summed E-state index contributed by atoms with van der Waals surface area (Å²) in [5.74, 6) is -1.90. The molecule has 3 heteroatoms. The Hall–Kier alpha value is -0.410. The highest BCUT2D eigenvalue weighted by atomic mass is 16.5. The van der Waals surface area contributed by atoms with Crippen LogP contribution in [0.2, 0.25) is 0 Å². The van der Waals surface area contributed by atoms with Gasteiger partial charge in [0.15, 0.2) is 5.79 Å². The lowest BCUT2D eigenvalue weighted by Crippen LogP contribution is -2.26. The van der Waals surface area contributed by atoms with Crippen LogP contribution in [0.15, 0.2) is 0 Å². The van der Waals surface area contributed by atoms with E-state index in [1.807, 2.05) is 0 Å². The number of rotatable bonds is 7. The minimum absolute atomic E-state index is 0.0661. The van der Waals surface area contributed by atoms with Gasteiger partial charge in [-0.1, -0.05) is 26.2 Å². The van der Waals surface area contributed by atoms with Gasteiger partial charge in [0, 0.05) is 6.42 Å². The van der Waals surface area contributed by atoms with Crippen molar-refractivity contribution in [3.8, 4) is 0 Å². The third kappa shape index (κ3) is 9.50. The molecular formula is C10H20O3. The zero-order valence-electron chi connectivity index (χ0n) is 8.55. The highest BCUT2D eigenvalue weighted by Gasteiger charge is 2.19. The Bertz CT molecular complexity index is 147. The molecule has 0 bridgehead atoms. The maximum Gasteiger partial charge on any atom is 0.166 e. The topological polar surface area (TPSA) is 57.5 Å². The van der Waals surface area contributed by atoms with Gasteiger partial charge in [-0.05, 0) is 13.3 Å². The van der Waals surface area contributed by atoms with Crippen molar-refractivity contribution in [2.45, 2.75) is 58.2 Å². The SMILES string of the molecule is CCCCCCC(=O)CC(C)(O)O. The highest BCUT2D eigenvalue weighted by molar-refractivity contribution is 5.79. The van der Waals surface area contributed by atoms with Gasteiger partial charge in [-0.25, -0.2) is 0 Å². The van der Waals surface area contributed by atoms with Crippen LogP contribution in [0.1, 0.15) is 52.4 Å². The molecule has 0 aliphatic heterocycles. The third-order valence-electron chi connectivity index (χ3n) is 1.84. The number of Topliss-reactive ketones (excluding diaryl/α,β-unsaturated/α-hetero) is 1. The monoisotopic (exact) mass is 188 g/mol. The second-order valence-corrected chi connectivity index (χ2v) is 3.74. The molecule has 0 aliphatic rings. The second-order valence-electron chi connectivity index (χ2n) is 3.74. The lowest BCUT2D eigenvalue weighted by Gasteiger charge is -2.13. The summed E-state index contributed by atoms with van der Waals surface area (Å²) in [6.07, 6.45) is 4.52. The molecule has 0 aromatic rings. The summed E-state index contributed by atoms with van der Waals surface area (Å²) in [7, 11) is 0. The molecule has 0 aliphatic carbocycles. The van der Waals surface area contributed by atoms with Gasteiger partial charge in [-0.15, -0.1) is 0 Å². The van der Waals surface area contributed by atoms with Crippen LogP contribution in [0.5, 0.6) is 0 Å². The van der Waals surface area contributed by atoms with Gasteiger partial charge in [-0.2, -0.15) is 0 Å². The van der Waals surface area contributed by atoms with Gasteiger partial charge < -0.3 is 10.2 Å². The Morgan fingerprint density at radius 2 is 1.85 bits per heavy atom. The molecular weight excluding hydrogens is 168 g/mol. The molecule has 0 saturated heterocycles. The molecule has 0 radical (unpaired) electrons. The summed E-state index contributed by atoms with van der Waals surface area (Å²) in [6.45, 7) is 3.34. The molecule has 0 aromatic carbocycles. The van der Waals surface area contributed by atoms with Crippen molar-refractivity contribution in [2.75, 3.05) is 0 Å². The summed E-state index contributed by atoms with van der Waals surface area (Å²) in [4.78, 5) is 11.1. The van der Waals surface area contributed by atoms with Crippen molar-refractivity contribution in [1.29, 1.82) is 0 Å². The predicted molar refractivity (Wildman–Crippen MR) is 51.2 cm³/mol. The molecule has 3 nitrogen and oxygen atoms in total. The van der Waals surface area contributed by atoms with E-state index in [1.165, 1.54) is 6.92 Å². The fourth-order valence-corrected chi connectivity index (χ4v) is 1.21. The lowest BCUT2D eigenvalue weighted by molar-refractivity contribution is -0.160. The molecule has 0 saturated carbocycles. The van der Waals surface area contributed by atoms with Gasteiger partial charge in [0.1, 0.15) is 5.78 Å². The lowest BCUT2D eigenvalue weighted by atomic mass is 10.0. The number of carbonyl (C=O) groups excluding carboxylic acids is 1. The molecule has 2 N–H and O–H groups in total. The number of unbranched alkanes of at least 4 members (excludes halogenated alkanes) is 3. The van der Waals surface area contributed by atoms with E-state index in [1.54, 1.807) is 0 Å². The Morgan fingerprint density at radius 3 is 2.31 bits per heavy atom. The van der Waals surface area contributed by atoms with Crippen LogP contribution in [0.3, 0.4) is 0 Å². The number of hydrogen-bond donors (Lipinski definition) is 2. The first kappa shape index (κ1) is 12.6. The van der Waals surface area contributed by atoms with Crippen molar-refractivity contribution < 1.29 is 15.0 Å². The average Bonchev–Trinajstić information content (AvgIpc) is 1.94. The summed E-state index contributed by atoms with van der Waals surface area (Å²) in [5, 5.41) is 17.9. The molecule has 0 amide bonds. The normalized spacial score (nSPS) is 11.7. The van der Waals surface area contributed by atoms with E-state index in [4.69, 9.17) is 10.2 Å². The molecule has 0 rings (SSSR count). The van der Waals surface area contributed by atoms with Crippen LogP contribution < -0.4 is 0 Å². The van der Waals surface area contributed by atoms with Gasteiger partial charge in [0.2, 0.25) is 0 Å². The number of ketones is 1. The first-order valence-electron chi connectivity index (χ1n) is 4.92. The molecule has 0 heterocycles. The van der Waals surface area contributed by atoms with Gasteiger partial charge in [0.25, 0.3) is 0 Å². The maximum atomic E-state index is 11.1. The molecule has 0 unspecified atom stereocenters. The van der Waals surface area contributed by atoms with Crippen LogP contribution in [0, 0.1) is 0 Å². The van der Waals surface area contributed by atoms with Gasteiger partial charge in [0.05, 0.1) is 6.42 Å². The van der Waals surface area contributed by atoms with Crippen LogP contribution in [0.4, 0.5) is 0 Å². The minimum Gasteiger partial charge on any atom is -0.365 e. The van der Waals surface area contributed by atoms with Crippen molar-refractivity contribution in [2.24, 2.45) is 0 Å². The summed E-state index contributed by atoms with van der Waals surface area (Å²) < 4.78 is 0. The molecule has 0 spiro atoms. The molecule has 0 atom stereocenters. The van der Waals surface area contributed by atoms with E-state index in [9.17, 15) is 4.79 Å². The number of hydrogen-bond acceptors (Lipinski definition) is 3. The molecule has 0 aromatic heterocycles. The van der Waals surface area contributed by atoms with E-state index >= 15 is 0 Å². The molecule has 0 fully saturated rings. The first-order valence-corrected chi connectivity index (χ1v) is 4.92. The maximum absolute atomic E-state index is 11.1. The average molecular weight is 188 g/mol. The van der Waals surface area contributed by atoms with Crippen molar-refractivity contribution in [1.82, 2.24) is 0 Å². The van der Waals surface area contributed by atoms with E-state index in [0.29, 0.717) is 6.42 Å². The van der Waals surface area contributed by atoms with Gasteiger partial charge in [-0.3, -0.25) is 4.79 Å². The van der Waals surface area contributed by atoms with Crippen molar-refractivity contribution >= 4 is 5.78 Å².